The Balaban J connectivity index is 2.55. The van der Waals surface area contributed by atoms with Crippen LogP contribution < -0.4 is 0 Å². The highest BCUT2D eigenvalue weighted by Gasteiger charge is 2.12. The topological polar surface area (TPSA) is 50.9 Å². The van der Waals surface area contributed by atoms with Crippen LogP contribution in [0.5, 0.6) is 0 Å². The van der Waals surface area contributed by atoms with Gasteiger partial charge in [0.15, 0.2) is 11.6 Å². The lowest BCUT2D eigenvalue weighted by Crippen LogP contribution is -2.03. The first kappa shape index (κ1) is 12.3. The average molecular weight is 296 g/mol. The van der Waals surface area contributed by atoms with E-state index in [1.807, 2.05) is 30.5 Å². The van der Waals surface area contributed by atoms with E-state index in [0.29, 0.717) is 5.82 Å². The predicted octanol–water partition coefficient (Wildman–Crippen LogP) is 2.53. The van der Waals surface area contributed by atoms with E-state index in [2.05, 4.69) is 32.2 Å². The van der Waals surface area contributed by atoms with Crippen LogP contribution in [0.4, 0.5) is 0 Å². The Labute approximate surface area is 108 Å². The summed E-state index contributed by atoms with van der Waals surface area (Å²) in [5, 5.41) is 17.3. The molecule has 0 amide bonds. The molecule has 0 aliphatic rings. The molecule has 0 saturated carbocycles. The first-order valence-corrected chi connectivity index (χ1v) is 6.25. The zero-order valence-electron chi connectivity index (χ0n) is 9.81. The number of rotatable bonds is 3. The molecule has 0 radical (unpaired) electrons. The minimum absolute atomic E-state index is 0.0895. The van der Waals surface area contributed by atoms with Gasteiger partial charge in [-0.25, -0.2) is 0 Å². The van der Waals surface area contributed by atoms with Gasteiger partial charge < -0.3 is 9.67 Å². The van der Waals surface area contributed by atoms with Crippen LogP contribution in [0.25, 0.3) is 11.4 Å². The summed E-state index contributed by atoms with van der Waals surface area (Å²) in [7, 11) is 0. The maximum Gasteiger partial charge on any atom is 0.164 e. The Morgan fingerprint density at radius 3 is 2.65 bits per heavy atom. The van der Waals surface area contributed by atoms with Crippen LogP contribution >= 0.6 is 15.9 Å². The van der Waals surface area contributed by atoms with Crippen LogP contribution in [0.3, 0.4) is 0 Å². The molecule has 0 saturated heterocycles. The zero-order chi connectivity index (χ0) is 12.4. The summed E-state index contributed by atoms with van der Waals surface area (Å²) in [4.78, 5) is 0. The van der Waals surface area contributed by atoms with Crippen molar-refractivity contribution in [2.24, 2.45) is 0 Å². The molecular formula is C12H14BrN3O. The van der Waals surface area contributed by atoms with Crippen molar-refractivity contribution in [2.45, 2.75) is 27.0 Å². The maximum absolute atomic E-state index is 9.19. The minimum atomic E-state index is -0.0895. The van der Waals surface area contributed by atoms with Crippen LogP contribution in [0.2, 0.25) is 0 Å². The fourth-order valence-corrected chi connectivity index (χ4v) is 2.47. The quantitative estimate of drug-likeness (QED) is 0.947. The second kappa shape index (κ2) is 4.98. The molecule has 1 aromatic heterocycles. The molecule has 0 spiro atoms. The largest absolute Gasteiger partial charge is 0.388 e. The standard InChI is InChI=1S/C12H14BrN3O/c1-3-16-11(7-17)14-15-12(16)9-4-8(2)5-10(13)6-9/h4-6,17H,3,7H2,1-2H3. The van der Waals surface area contributed by atoms with Gasteiger partial charge in [0.1, 0.15) is 6.61 Å². The lowest BCUT2D eigenvalue weighted by molar-refractivity contribution is 0.265. The SMILES string of the molecule is CCn1c(CO)nnc1-c1cc(C)cc(Br)c1. The van der Waals surface area contributed by atoms with Crippen LogP contribution in [-0.4, -0.2) is 19.9 Å². The van der Waals surface area contributed by atoms with Crippen molar-refractivity contribution in [1.82, 2.24) is 14.8 Å². The third kappa shape index (κ3) is 2.40. The summed E-state index contributed by atoms with van der Waals surface area (Å²) < 4.78 is 2.94. The van der Waals surface area contributed by atoms with Crippen LogP contribution in [0.1, 0.15) is 18.3 Å². The minimum Gasteiger partial charge on any atom is -0.388 e. The highest BCUT2D eigenvalue weighted by Crippen LogP contribution is 2.24. The van der Waals surface area contributed by atoms with E-state index in [0.717, 1.165) is 28.0 Å². The zero-order valence-corrected chi connectivity index (χ0v) is 11.4. The second-order valence-electron chi connectivity index (χ2n) is 3.86. The maximum atomic E-state index is 9.19. The number of hydrogen-bond donors (Lipinski definition) is 1. The molecule has 0 atom stereocenters. The van der Waals surface area contributed by atoms with Gasteiger partial charge >= 0.3 is 0 Å². The van der Waals surface area contributed by atoms with Gasteiger partial charge in [-0.3, -0.25) is 0 Å². The molecule has 0 aliphatic heterocycles. The molecule has 0 fully saturated rings. The molecule has 0 aliphatic carbocycles. The second-order valence-corrected chi connectivity index (χ2v) is 4.78. The summed E-state index contributed by atoms with van der Waals surface area (Å²) in [5.41, 5.74) is 2.16. The van der Waals surface area contributed by atoms with E-state index < -0.39 is 0 Å². The van der Waals surface area contributed by atoms with Crippen molar-refractivity contribution in [1.29, 1.82) is 0 Å². The number of aromatic nitrogens is 3. The molecule has 90 valence electrons. The summed E-state index contributed by atoms with van der Waals surface area (Å²) in [6.07, 6.45) is 0. The number of aryl methyl sites for hydroxylation is 1. The number of aliphatic hydroxyl groups is 1. The first-order chi connectivity index (χ1) is 8.15. The van der Waals surface area contributed by atoms with E-state index in [9.17, 15) is 5.11 Å². The molecule has 2 rings (SSSR count). The molecule has 1 aromatic carbocycles. The van der Waals surface area contributed by atoms with Crippen molar-refractivity contribution in [3.05, 3.63) is 34.1 Å². The first-order valence-electron chi connectivity index (χ1n) is 5.46. The van der Waals surface area contributed by atoms with Crippen molar-refractivity contribution in [2.75, 3.05) is 0 Å². The summed E-state index contributed by atoms with van der Waals surface area (Å²) >= 11 is 3.47. The molecule has 17 heavy (non-hydrogen) atoms. The lowest BCUT2D eigenvalue weighted by atomic mass is 10.1. The van der Waals surface area contributed by atoms with E-state index in [-0.39, 0.29) is 6.61 Å². The molecule has 2 aromatic rings. The van der Waals surface area contributed by atoms with E-state index >= 15 is 0 Å². The van der Waals surface area contributed by atoms with Crippen molar-refractivity contribution in [3.8, 4) is 11.4 Å². The van der Waals surface area contributed by atoms with Crippen molar-refractivity contribution in [3.63, 3.8) is 0 Å². The van der Waals surface area contributed by atoms with Gasteiger partial charge in [-0.2, -0.15) is 0 Å². The van der Waals surface area contributed by atoms with Crippen molar-refractivity contribution >= 4 is 15.9 Å². The average Bonchev–Trinajstić information content (AvgIpc) is 2.70. The monoisotopic (exact) mass is 295 g/mol. The third-order valence-corrected chi connectivity index (χ3v) is 3.04. The molecule has 4 nitrogen and oxygen atoms in total. The molecule has 5 heteroatoms. The number of hydrogen-bond acceptors (Lipinski definition) is 3. The molecule has 0 unspecified atom stereocenters. The summed E-state index contributed by atoms with van der Waals surface area (Å²) in [6, 6.07) is 6.11. The number of nitrogens with zero attached hydrogens (tertiary/aromatic N) is 3. The Kier molecular flexibility index (Phi) is 3.59. The molecule has 0 bridgehead atoms. The fourth-order valence-electron chi connectivity index (χ4n) is 1.86. The Morgan fingerprint density at radius 1 is 1.29 bits per heavy atom. The van der Waals surface area contributed by atoms with Gasteiger partial charge in [-0.05, 0) is 37.6 Å². The van der Waals surface area contributed by atoms with Gasteiger partial charge in [0.25, 0.3) is 0 Å². The van der Waals surface area contributed by atoms with Gasteiger partial charge in [-0.15, -0.1) is 10.2 Å². The van der Waals surface area contributed by atoms with Gasteiger partial charge in [0.05, 0.1) is 0 Å². The van der Waals surface area contributed by atoms with Crippen LogP contribution in [0, 0.1) is 6.92 Å². The predicted molar refractivity (Wildman–Crippen MR) is 69.5 cm³/mol. The fraction of sp³-hybridized carbons (Fsp3) is 0.333. The summed E-state index contributed by atoms with van der Waals surface area (Å²) in [6.45, 7) is 4.70. The number of halogens is 1. The number of benzene rings is 1. The summed E-state index contributed by atoms with van der Waals surface area (Å²) in [5.74, 6) is 1.39. The van der Waals surface area contributed by atoms with E-state index in [4.69, 9.17) is 0 Å². The highest BCUT2D eigenvalue weighted by atomic mass is 79.9. The highest BCUT2D eigenvalue weighted by molar-refractivity contribution is 9.10. The molecular weight excluding hydrogens is 282 g/mol. The van der Waals surface area contributed by atoms with Gasteiger partial charge in [-0.1, -0.05) is 15.9 Å². The Hall–Kier alpha value is -1.20. The van der Waals surface area contributed by atoms with Crippen LogP contribution in [-0.2, 0) is 13.2 Å². The van der Waals surface area contributed by atoms with Gasteiger partial charge in [0.2, 0.25) is 0 Å². The normalized spacial score (nSPS) is 10.8. The molecule has 1 N–H and O–H groups in total. The van der Waals surface area contributed by atoms with E-state index in [1.54, 1.807) is 0 Å². The van der Waals surface area contributed by atoms with E-state index in [1.165, 1.54) is 0 Å². The number of aliphatic hydroxyl groups excluding tert-OH is 1. The Bertz CT molecular complexity index is 516. The van der Waals surface area contributed by atoms with Crippen LogP contribution in [0.15, 0.2) is 22.7 Å². The lowest BCUT2D eigenvalue weighted by Gasteiger charge is -2.07. The van der Waals surface area contributed by atoms with Crippen molar-refractivity contribution < 1.29 is 5.11 Å². The smallest absolute Gasteiger partial charge is 0.164 e. The molecule has 1 heterocycles. The third-order valence-electron chi connectivity index (χ3n) is 2.59. The van der Waals surface area contributed by atoms with Gasteiger partial charge in [0, 0.05) is 16.6 Å². The Morgan fingerprint density at radius 2 is 2.06 bits per heavy atom.